The minimum atomic E-state index is -0.565. The van der Waals surface area contributed by atoms with Crippen LogP contribution >= 0.6 is 11.8 Å². The Bertz CT molecular complexity index is 1080. The third kappa shape index (κ3) is 4.51. The van der Waals surface area contributed by atoms with Gasteiger partial charge in [0, 0.05) is 29.4 Å². The zero-order valence-electron chi connectivity index (χ0n) is 16.7. The molecule has 0 aliphatic carbocycles. The number of rotatable bonds is 6. The summed E-state index contributed by atoms with van der Waals surface area (Å²) in [5, 5.41) is 6.48. The minimum absolute atomic E-state index is 0.184. The summed E-state index contributed by atoms with van der Waals surface area (Å²) in [4.78, 5) is 28.2. The highest BCUT2D eigenvalue weighted by Gasteiger charge is 2.32. The Kier molecular flexibility index (Phi) is 6.08. The van der Waals surface area contributed by atoms with E-state index in [2.05, 4.69) is 40.7 Å². The van der Waals surface area contributed by atoms with Crippen LogP contribution in [0.4, 0.5) is 4.39 Å². The molecule has 5 nitrogen and oxygen atoms in total. The van der Waals surface area contributed by atoms with Gasteiger partial charge in [0.1, 0.15) is 11.9 Å². The second-order valence-electron chi connectivity index (χ2n) is 7.58. The lowest BCUT2D eigenvalue weighted by Crippen LogP contribution is -2.54. The molecule has 2 atom stereocenters. The van der Waals surface area contributed by atoms with Gasteiger partial charge in [-0.3, -0.25) is 9.59 Å². The van der Waals surface area contributed by atoms with Crippen molar-refractivity contribution >= 4 is 34.5 Å². The molecule has 4 rings (SSSR count). The summed E-state index contributed by atoms with van der Waals surface area (Å²) in [5.74, 6) is -0.237. The van der Waals surface area contributed by atoms with Crippen LogP contribution in [0.3, 0.4) is 0 Å². The van der Waals surface area contributed by atoms with Gasteiger partial charge in [-0.2, -0.15) is 0 Å². The molecule has 1 saturated heterocycles. The third-order valence-corrected chi connectivity index (χ3v) is 6.68. The van der Waals surface area contributed by atoms with E-state index in [0.29, 0.717) is 30.7 Å². The highest BCUT2D eigenvalue weighted by molar-refractivity contribution is 8.00. The molecule has 2 aromatic carbocycles. The number of halogens is 1. The lowest BCUT2D eigenvalue weighted by molar-refractivity contribution is -0.128. The van der Waals surface area contributed by atoms with E-state index in [-0.39, 0.29) is 22.9 Å². The standard InChI is InChI=1S/C23H24FN3O2S/c1-14-6-7-17-16(12-26-19(17)10-14)8-9-25-22(28)20-13-30-21(23(29)27-20)11-15-4-2-3-5-18(15)24/h2-7,10,12,20-21,26H,8-9,11,13H2,1H3,(H,25,28)(H,27,29). The Morgan fingerprint density at radius 3 is 2.87 bits per heavy atom. The lowest BCUT2D eigenvalue weighted by atomic mass is 10.1. The second-order valence-corrected chi connectivity index (χ2v) is 8.82. The predicted molar refractivity (Wildman–Crippen MR) is 118 cm³/mol. The molecule has 0 bridgehead atoms. The van der Waals surface area contributed by atoms with Crippen LogP contribution in [0.5, 0.6) is 0 Å². The fourth-order valence-corrected chi connectivity index (χ4v) is 4.88. The average Bonchev–Trinajstić information content (AvgIpc) is 3.13. The van der Waals surface area contributed by atoms with Gasteiger partial charge in [-0.25, -0.2) is 4.39 Å². The molecule has 1 aliphatic rings. The number of thioether (sulfide) groups is 1. The van der Waals surface area contributed by atoms with Gasteiger partial charge in [0.25, 0.3) is 0 Å². The van der Waals surface area contributed by atoms with Crippen molar-refractivity contribution in [3.8, 4) is 0 Å². The van der Waals surface area contributed by atoms with Crippen LogP contribution in [0.2, 0.25) is 0 Å². The number of H-pyrrole nitrogens is 1. The van der Waals surface area contributed by atoms with E-state index in [9.17, 15) is 14.0 Å². The Hall–Kier alpha value is -2.80. The Morgan fingerprint density at radius 2 is 2.07 bits per heavy atom. The number of nitrogens with one attached hydrogen (secondary N) is 3. The van der Waals surface area contributed by atoms with Gasteiger partial charge in [0.2, 0.25) is 11.8 Å². The summed E-state index contributed by atoms with van der Waals surface area (Å²) >= 11 is 1.40. The molecule has 2 unspecified atom stereocenters. The van der Waals surface area contributed by atoms with E-state index >= 15 is 0 Å². The van der Waals surface area contributed by atoms with E-state index in [4.69, 9.17) is 0 Å². The Balaban J connectivity index is 1.27. The van der Waals surface area contributed by atoms with Crippen LogP contribution in [0.15, 0.2) is 48.7 Å². The van der Waals surface area contributed by atoms with Crippen molar-refractivity contribution in [1.82, 2.24) is 15.6 Å². The van der Waals surface area contributed by atoms with E-state index in [1.54, 1.807) is 18.2 Å². The first-order chi connectivity index (χ1) is 14.5. The molecule has 3 aromatic rings. The van der Waals surface area contributed by atoms with Crippen LogP contribution in [-0.4, -0.2) is 40.4 Å². The zero-order chi connectivity index (χ0) is 21.1. The zero-order valence-corrected chi connectivity index (χ0v) is 17.5. The highest BCUT2D eigenvalue weighted by Crippen LogP contribution is 2.23. The third-order valence-electron chi connectivity index (χ3n) is 5.37. The molecule has 3 N–H and O–H groups in total. The van der Waals surface area contributed by atoms with Crippen molar-refractivity contribution in [2.75, 3.05) is 12.3 Å². The van der Waals surface area contributed by atoms with Gasteiger partial charge < -0.3 is 15.6 Å². The summed E-state index contributed by atoms with van der Waals surface area (Å²) in [6, 6.07) is 12.2. The molecule has 156 valence electrons. The van der Waals surface area contributed by atoms with Crippen molar-refractivity contribution in [3.63, 3.8) is 0 Å². The molecule has 1 fully saturated rings. The summed E-state index contributed by atoms with van der Waals surface area (Å²) in [6.45, 7) is 2.55. The summed E-state index contributed by atoms with van der Waals surface area (Å²) in [5.41, 5.74) is 3.95. The fourth-order valence-electron chi connectivity index (χ4n) is 3.70. The number of carbonyl (C=O) groups is 2. The topological polar surface area (TPSA) is 74.0 Å². The van der Waals surface area contributed by atoms with Gasteiger partial charge in [0.05, 0.1) is 5.25 Å². The molecular formula is C23H24FN3O2S. The lowest BCUT2D eigenvalue weighted by Gasteiger charge is -2.28. The van der Waals surface area contributed by atoms with E-state index in [0.717, 1.165) is 16.5 Å². The number of aromatic amines is 1. The SMILES string of the molecule is Cc1ccc2c(CCNC(=O)C3CSC(Cc4ccccc4F)C(=O)N3)c[nH]c2c1. The van der Waals surface area contributed by atoms with Gasteiger partial charge in [-0.15, -0.1) is 11.8 Å². The number of aromatic nitrogens is 1. The van der Waals surface area contributed by atoms with Crippen LogP contribution in [0.1, 0.15) is 16.7 Å². The molecule has 2 amide bonds. The van der Waals surface area contributed by atoms with Gasteiger partial charge in [0.15, 0.2) is 0 Å². The molecule has 7 heteroatoms. The first kappa shape index (κ1) is 20.5. The molecule has 2 heterocycles. The second kappa shape index (κ2) is 8.92. The maximum Gasteiger partial charge on any atom is 0.243 e. The van der Waals surface area contributed by atoms with Crippen molar-refractivity contribution < 1.29 is 14.0 Å². The number of amides is 2. The molecule has 1 aliphatic heterocycles. The highest BCUT2D eigenvalue weighted by atomic mass is 32.2. The van der Waals surface area contributed by atoms with E-state index in [1.165, 1.54) is 23.4 Å². The van der Waals surface area contributed by atoms with Crippen molar-refractivity contribution in [3.05, 3.63) is 71.2 Å². The van der Waals surface area contributed by atoms with Gasteiger partial charge >= 0.3 is 0 Å². The number of fused-ring (bicyclic) bond motifs is 1. The quantitative estimate of drug-likeness (QED) is 0.568. The fraction of sp³-hybridized carbons (Fsp3) is 0.304. The van der Waals surface area contributed by atoms with Crippen LogP contribution in [-0.2, 0) is 22.4 Å². The normalized spacial score (nSPS) is 18.9. The smallest absolute Gasteiger partial charge is 0.243 e. The molecule has 0 spiro atoms. The predicted octanol–water partition coefficient (Wildman–Crippen LogP) is 3.12. The minimum Gasteiger partial charge on any atom is -0.361 e. The van der Waals surface area contributed by atoms with Crippen molar-refractivity contribution in [1.29, 1.82) is 0 Å². The van der Waals surface area contributed by atoms with Crippen LogP contribution < -0.4 is 10.6 Å². The number of hydrogen-bond donors (Lipinski definition) is 3. The first-order valence-corrected chi connectivity index (χ1v) is 11.1. The number of aryl methyl sites for hydroxylation is 1. The Morgan fingerprint density at radius 1 is 1.23 bits per heavy atom. The Labute approximate surface area is 178 Å². The van der Waals surface area contributed by atoms with Gasteiger partial charge in [-0.1, -0.05) is 30.3 Å². The van der Waals surface area contributed by atoms with E-state index in [1.807, 2.05) is 6.20 Å². The first-order valence-electron chi connectivity index (χ1n) is 10.0. The monoisotopic (exact) mass is 425 g/mol. The molecular weight excluding hydrogens is 401 g/mol. The summed E-state index contributed by atoms with van der Waals surface area (Å²) in [7, 11) is 0. The van der Waals surface area contributed by atoms with Crippen molar-refractivity contribution in [2.45, 2.75) is 31.1 Å². The van der Waals surface area contributed by atoms with Crippen LogP contribution in [0.25, 0.3) is 10.9 Å². The summed E-state index contributed by atoms with van der Waals surface area (Å²) < 4.78 is 13.8. The molecule has 0 saturated carbocycles. The van der Waals surface area contributed by atoms with Crippen molar-refractivity contribution in [2.24, 2.45) is 0 Å². The molecule has 30 heavy (non-hydrogen) atoms. The molecule has 1 aromatic heterocycles. The van der Waals surface area contributed by atoms with Crippen LogP contribution in [0, 0.1) is 12.7 Å². The number of carbonyl (C=O) groups excluding carboxylic acids is 2. The maximum absolute atomic E-state index is 13.8. The number of benzene rings is 2. The summed E-state index contributed by atoms with van der Waals surface area (Å²) in [6.07, 6.45) is 3.00. The molecule has 0 radical (unpaired) electrons. The van der Waals surface area contributed by atoms with Gasteiger partial charge in [-0.05, 0) is 48.6 Å². The largest absolute Gasteiger partial charge is 0.361 e. The maximum atomic E-state index is 13.8. The van der Waals surface area contributed by atoms with E-state index < -0.39 is 6.04 Å². The average molecular weight is 426 g/mol. The number of hydrogen-bond acceptors (Lipinski definition) is 3.